The molecule has 0 saturated heterocycles. The van der Waals surface area contributed by atoms with E-state index in [1.165, 1.54) is 23.1 Å². The Morgan fingerprint density at radius 2 is 2.22 bits per heavy atom. The van der Waals surface area contributed by atoms with Crippen LogP contribution in [0.2, 0.25) is 0 Å². The zero-order valence-electron chi connectivity index (χ0n) is 12.8. The molecule has 5 nitrogen and oxygen atoms in total. The summed E-state index contributed by atoms with van der Waals surface area (Å²) in [5.74, 6) is 0.213. The molecule has 0 aliphatic carbocycles. The molecule has 1 aromatic carbocycles. The molecule has 2 aromatic rings. The second-order valence-electron chi connectivity index (χ2n) is 4.71. The number of amides is 1. The highest BCUT2D eigenvalue weighted by atomic mass is 32.2. The number of aryl methyl sites for hydroxylation is 1. The van der Waals surface area contributed by atoms with E-state index in [0.717, 1.165) is 19.9 Å². The first-order valence-corrected chi connectivity index (χ1v) is 9.62. The number of benzene rings is 1. The van der Waals surface area contributed by atoms with Crippen molar-refractivity contribution in [2.75, 3.05) is 11.1 Å². The van der Waals surface area contributed by atoms with E-state index >= 15 is 0 Å². The Bertz CT molecular complexity index is 711. The van der Waals surface area contributed by atoms with E-state index in [4.69, 9.17) is 5.26 Å². The number of para-hydroxylation sites is 1. The lowest BCUT2D eigenvalue weighted by Crippen LogP contribution is -2.14. The van der Waals surface area contributed by atoms with Gasteiger partial charge in [-0.15, -0.1) is 22.0 Å². The summed E-state index contributed by atoms with van der Waals surface area (Å²) < 4.78 is 0.794. The molecule has 1 aromatic heterocycles. The zero-order valence-corrected chi connectivity index (χ0v) is 15.2. The largest absolute Gasteiger partial charge is 0.324 e. The highest BCUT2D eigenvalue weighted by Crippen LogP contribution is 2.31. The van der Waals surface area contributed by atoms with Crippen molar-refractivity contribution in [1.29, 1.82) is 5.26 Å². The van der Waals surface area contributed by atoms with Gasteiger partial charge in [0.25, 0.3) is 0 Å². The molecular formula is C15H16N4OS3. The van der Waals surface area contributed by atoms with Gasteiger partial charge in [0.15, 0.2) is 4.34 Å². The Kier molecular flexibility index (Phi) is 6.89. The first-order valence-electron chi connectivity index (χ1n) is 6.94. The Balaban J connectivity index is 1.93. The molecule has 1 N–H and O–H groups in total. The Morgan fingerprint density at radius 1 is 1.43 bits per heavy atom. The number of nitriles is 1. The first kappa shape index (κ1) is 17.8. The third-order valence-electron chi connectivity index (χ3n) is 2.70. The van der Waals surface area contributed by atoms with Crippen molar-refractivity contribution in [1.82, 2.24) is 10.2 Å². The summed E-state index contributed by atoms with van der Waals surface area (Å²) >= 11 is 4.45. The van der Waals surface area contributed by atoms with Crippen LogP contribution in [0.15, 0.2) is 33.5 Å². The van der Waals surface area contributed by atoms with E-state index in [1.54, 1.807) is 11.8 Å². The molecule has 0 radical (unpaired) electrons. The molecular weight excluding hydrogens is 348 g/mol. The van der Waals surface area contributed by atoms with Gasteiger partial charge in [0, 0.05) is 16.6 Å². The fourth-order valence-corrected chi connectivity index (χ4v) is 4.32. The molecule has 0 saturated carbocycles. The maximum absolute atomic E-state index is 12.1. The molecule has 0 bridgehead atoms. The summed E-state index contributed by atoms with van der Waals surface area (Å²) in [5.41, 5.74) is 0.779. The fourth-order valence-electron chi connectivity index (χ4n) is 1.71. The van der Waals surface area contributed by atoms with Crippen LogP contribution in [0.5, 0.6) is 0 Å². The third kappa shape index (κ3) is 5.86. The number of anilines is 1. The van der Waals surface area contributed by atoms with Gasteiger partial charge in [-0.2, -0.15) is 5.26 Å². The molecule has 0 aliphatic rings. The highest BCUT2D eigenvalue weighted by Gasteiger charge is 2.11. The van der Waals surface area contributed by atoms with Crippen LogP contribution in [0.1, 0.15) is 18.4 Å². The van der Waals surface area contributed by atoms with Crippen LogP contribution in [0.4, 0.5) is 5.69 Å². The van der Waals surface area contributed by atoms with Crippen LogP contribution in [0.3, 0.4) is 0 Å². The Morgan fingerprint density at radius 3 is 2.91 bits per heavy atom. The van der Waals surface area contributed by atoms with Crippen LogP contribution in [0.25, 0.3) is 0 Å². The minimum Gasteiger partial charge on any atom is -0.324 e. The molecule has 1 heterocycles. The van der Waals surface area contributed by atoms with Crippen LogP contribution < -0.4 is 5.32 Å². The van der Waals surface area contributed by atoms with Gasteiger partial charge >= 0.3 is 0 Å². The van der Waals surface area contributed by atoms with Crippen molar-refractivity contribution in [3.05, 3.63) is 29.3 Å². The predicted octanol–water partition coefficient (Wildman–Crippen LogP) is 3.97. The fraction of sp³-hybridized carbons (Fsp3) is 0.333. The van der Waals surface area contributed by atoms with Crippen molar-refractivity contribution >= 4 is 46.5 Å². The normalized spacial score (nSPS) is 11.7. The maximum atomic E-state index is 12.1. The van der Waals surface area contributed by atoms with Crippen molar-refractivity contribution in [3.8, 4) is 6.07 Å². The molecule has 1 amide bonds. The minimum atomic E-state index is -0.0798. The lowest BCUT2D eigenvalue weighted by Gasteiger charge is -2.13. The van der Waals surface area contributed by atoms with Crippen LogP contribution >= 0.6 is 34.9 Å². The molecule has 23 heavy (non-hydrogen) atoms. The molecule has 0 aliphatic heterocycles. The molecule has 0 fully saturated rings. The number of nitrogens with one attached hydrogen (secondary N) is 1. The number of nitrogens with zero attached hydrogens (tertiary/aromatic N) is 3. The molecule has 0 spiro atoms. The average Bonchev–Trinajstić information content (AvgIpc) is 2.93. The lowest BCUT2D eigenvalue weighted by atomic mass is 10.3. The smallest absolute Gasteiger partial charge is 0.234 e. The summed E-state index contributed by atoms with van der Waals surface area (Å²) in [5, 5.41) is 20.7. The first-order chi connectivity index (χ1) is 11.1. The van der Waals surface area contributed by atoms with E-state index in [9.17, 15) is 4.79 Å². The average molecular weight is 365 g/mol. The standard InChI is InChI=1S/C15H16N4OS3/c1-10(7-8-16)22-13-6-4-3-5-12(13)17-14(20)9-21-15-19-18-11(2)23-15/h3-6,10H,7,9H2,1-2H3,(H,17,20)/t10-/m0/s1. The Labute approximate surface area is 147 Å². The number of hydrogen-bond acceptors (Lipinski definition) is 7. The second-order valence-corrected chi connectivity index (χ2v) is 8.60. The second kappa shape index (κ2) is 8.91. The monoisotopic (exact) mass is 364 g/mol. The summed E-state index contributed by atoms with van der Waals surface area (Å²) in [6, 6.07) is 9.80. The number of carbonyl (C=O) groups is 1. The van der Waals surface area contributed by atoms with Gasteiger partial charge in [-0.05, 0) is 19.1 Å². The van der Waals surface area contributed by atoms with Gasteiger partial charge in [0.2, 0.25) is 5.91 Å². The van der Waals surface area contributed by atoms with Crippen LogP contribution in [-0.2, 0) is 4.79 Å². The molecule has 1 atom stereocenters. The van der Waals surface area contributed by atoms with Crippen molar-refractivity contribution < 1.29 is 4.79 Å². The number of aromatic nitrogens is 2. The summed E-state index contributed by atoms with van der Waals surface area (Å²) in [4.78, 5) is 13.1. The molecule has 2 rings (SSSR count). The topological polar surface area (TPSA) is 78.7 Å². The summed E-state index contributed by atoms with van der Waals surface area (Å²) in [6.07, 6.45) is 0.471. The van der Waals surface area contributed by atoms with Crippen molar-refractivity contribution in [3.63, 3.8) is 0 Å². The van der Waals surface area contributed by atoms with Gasteiger partial charge in [-0.1, -0.05) is 42.2 Å². The van der Waals surface area contributed by atoms with Gasteiger partial charge < -0.3 is 5.32 Å². The predicted molar refractivity (Wildman–Crippen MR) is 96.0 cm³/mol. The van der Waals surface area contributed by atoms with Gasteiger partial charge in [-0.3, -0.25) is 4.79 Å². The number of thioether (sulfide) groups is 2. The van der Waals surface area contributed by atoms with E-state index in [2.05, 4.69) is 21.6 Å². The number of rotatable bonds is 7. The van der Waals surface area contributed by atoms with Crippen LogP contribution in [0, 0.1) is 18.3 Å². The molecule has 8 heteroatoms. The van der Waals surface area contributed by atoms with E-state index < -0.39 is 0 Å². The zero-order chi connectivity index (χ0) is 16.7. The van der Waals surface area contributed by atoms with Gasteiger partial charge in [0.05, 0.1) is 17.5 Å². The van der Waals surface area contributed by atoms with Crippen molar-refractivity contribution in [2.24, 2.45) is 0 Å². The van der Waals surface area contributed by atoms with E-state index in [-0.39, 0.29) is 11.2 Å². The number of hydrogen-bond donors (Lipinski definition) is 1. The summed E-state index contributed by atoms with van der Waals surface area (Å²) in [7, 11) is 0. The maximum Gasteiger partial charge on any atom is 0.234 e. The Hall–Kier alpha value is -1.56. The SMILES string of the molecule is Cc1nnc(SCC(=O)Nc2ccccc2S[C@@H](C)CC#N)s1. The van der Waals surface area contributed by atoms with Crippen LogP contribution in [-0.4, -0.2) is 27.1 Å². The van der Waals surface area contributed by atoms with Gasteiger partial charge in [-0.25, -0.2) is 0 Å². The quantitative estimate of drug-likeness (QED) is 0.749. The molecule has 120 valence electrons. The lowest BCUT2D eigenvalue weighted by molar-refractivity contribution is -0.113. The highest BCUT2D eigenvalue weighted by molar-refractivity contribution is 8.01. The third-order valence-corrected chi connectivity index (χ3v) is 5.85. The van der Waals surface area contributed by atoms with E-state index in [0.29, 0.717) is 12.2 Å². The summed E-state index contributed by atoms with van der Waals surface area (Å²) in [6.45, 7) is 3.89. The minimum absolute atomic E-state index is 0.0798. The van der Waals surface area contributed by atoms with Crippen molar-refractivity contribution in [2.45, 2.75) is 34.8 Å². The molecule has 0 unspecified atom stereocenters. The van der Waals surface area contributed by atoms with Gasteiger partial charge in [0.1, 0.15) is 5.01 Å². The number of carbonyl (C=O) groups excluding carboxylic acids is 1. The van der Waals surface area contributed by atoms with E-state index in [1.807, 2.05) is 38.1 Å².